The van der Waals surface area contributed by atoms with Crippen LogP contribution in [0.5, 0.6) is 0 Å². The van der Waals surface area contributed by atoms with Crippen LogP contribution in [0.25, 0.3) is 11.1 Å². The molecule has 0 aliphatic heterocycles. The molecular weight excluding hydrogens is 242 g/mol. The topological polar surface area (TPSA) is 26.3 Å². The first-order valence-corrected chi connectivity index (χ1v) is 6.06. The van der Waals surface area contributed by atoms with Crippen molar-refractivity contribution >= 4 is 5.97 Å². The van der Waals surface area contributed by atoms with E-state index in [1.54, 1.807) is 19.1 Å². The number of ether oxygens (including phenoxy) is 1. The Bertz CT molecular complexity index is 579. The molecule has 0 N–H and O–H groups in total. The number of hydrogen-bond donors (Lipinski definition) is 0. The summed E-state index contributed by atoms with van der Waals surface area (Å²) in [6.07, 6.45) is 0. The maximum Gasteiger partial charge on any atom is 0.312 e. The van der Waals surface area contributed by atoms with Crippen LogP contribution < -0.4 is 0 Å². The van der Waals surface area contributed by atoms with Crippen molar-refractivity contribution in [2.45, 2.75) is 12.8 Å². The monoisotopic (exact) mass is 257 g/mol. The van der Waals surface area contributed by atoms with Crippen molar-refractivity contribution < 1.29 is 13.9 Å². The normalized spacial score (nSPS) is 11.9. The van der Waals surface area contributed by atoms with Gasteiger partial charge < -0.3 is 4.74 Å². The molecule has 2 aromatic rings. The summed E-state index contributed by atoms with van der Waals surface area (Å²) in [5, 5.41) is 0. The lowest BCUT2D eigenvalue weighted by molar-refractivity contribution is -0.141. The fourth-order valence-electron chi connectivity index (χ4n) is 1.97. The zero-order valence-electron chi connectivity index (χ0n) is 10.9. The van der Waals surface area contributed by atoms with E-state index >= 15 is 0 Å². The van der Waals surface area contributed by atoms with Gasteiger partial charge in [0.25, 0.3) is 0 Å². The van der Waals surface area contributed by atoms with E-state index in [0.717, 1.165) is 5.56 Å². The summed E-state index contributed by atoms with van der Waals surface area (Å²) in [7, 11) is 1.33. The number of benzene rings is 2. The summed E-state index contributed by atoms with van der Waals surface area (Å²) >= 11 is 0. The highest BCUT2D eigenvalue weighted by Crippen LogP contribution is 2.26. The second-order valence-corrected chi connectivity index (χ2v) is 4.35. The van der Waals surface area contributed by atoms with Crippen LogP contribution in [0.2, 0.25) is 0 Å². The minimum atomic E-state index is -0.468. The van der Waals surface area contributed by atoms with E-state index in [9.17, 15) is 9.18 Å². The second kappa shape index (κ2) is 5.65. The number of halogens is 1. The van der Waals surface area contributed by atoms with E-state index in [0.29, 0.717) is 11.1 Å². The third kappa shape index (κ3) is 2.81. The smallest absolute Gasteiger partial charge is 0.312 e. The molecule has 0 amide bonds. The van der Waals surface area contributed by atoms with Crippen molar-refractivity contribution in [3.63, 3.8) is 0 Å². The van der Waals surface area contributed by atoms with Gasteiger partial charge in [0.15, 0.2) is 0 Å². The lowest BCUT2D eigenvalue weighted by Gasteiger charge is -2.11. The van der Waals surface area contributed by atoms with Gasteiger partial charge in [0.2, 0.25) is 0 Å². The predicted molar refractivity (Wildman–Crippen MR) is 72.3 cm³/mol. The Kier molecular flexibility index (Phi) is 3.95. The number of rotatable bonds is 3. The lowest BCUT2D eigenvalue weighted by atomic mass is 9.86. The largest absolute Gasteiger partial charge is 0.469 e. The van der Waals surface area contributed by atoms with Crippen LogP contribution in [-0.2, 0) is 9.53 Å². The molecule has 0 aliphatic carbocycles. The summed E-state index contributed by atoms with van der Waals surface area (Å²) in [6, 6.07) is 14.1. The Morgan fingerprint density at radius 1 is 1.16 bits per heavy atom. The molecule has 0 heterocycles. The van der Waals surface area contributed by atoms with Crippen molar-refractivity contribution in [1.82, 2.24) is 0 Å². The van der Waals surface area contributed by atoms with E-state index < -0.39 is 5.92 Å². The molecule has 0 bridgehead atoms. The van der Waals surface area contributed by atoms with E-state index in [2.05, 4.69) is 4.74 Å². The minimum Gasteiger partial charge on any atom is -0.469 e. The number of esters is 1. The Morgan fingerprint density at radius 3 is 2.42 bits per heavy atom. The maximum atomic E-state index is 14.1. The standard InChI is InChI=1S/C16H15FO2/c1-11(16(18)19-2)13-8-9-14(15(17)10-13)12-6-4-3-5-7-12/h3-11H,1-2H3/i1-1. The molecule has 1 unspecified atom stereocenters. The van der Waals surface area contributed by atoms with E-state index in [1.807, 2.05) is 30.3 Å². The Morgan fingerprint density at radius 2 is 1.84 bits per heavy atom. The highest BCUT2D eigenvalue weighted by Gasteiger charge is 2.17. The molecule has 0 saturated heterocycles. The summed E-state index contributed by atoms with van der Waals surface area (Å²) in [5.41, 5.74) is 1.96. The molecule has 3 heteroatoms. The van der Waals surface area contributed by atoms with Crippen molar-refractivity contribution in [2.75, 3.05) is 7.11 Å². The van der Waals surface area contributed by atoms with Gasteiger partial charge in [0.1, 0.15) is 5.82 Å². The molecule has 2 aromatic carbocycles. The molecule has 2 nitrogen and oxygen atoms in total. The van der Waals surface area contributed by atoms with Gasteiger partial charge in [0.05, 0.1) is 13.0 Å². The molecule has 19 heavy (non-hydrogen) atoms. The second-order valence-electron chi connectivity index (χ2n) is 4.35. The third-order valence-electron chi connectivity index (χ3n) is 3.13. The first-order chi connectivity index (χ1) is 9.13. The van der Waals surface area contributed by atoms with E-state index in [1.165, 1.54) is 13.2 Å². The molecule has 0 radical (unpaired) electrons. The number of carbonyl (C=O) groups is 1. The van der Waals surface area contributed by atoms with Gasteiger partial charge in [-0.1, -0.05) is 42.5 Å². The molecule has 0 aliphatic rings. The number of methoxy groups -OCH3 is 1. The van der Waals surface area contributed by atoms with E-state index in [-0.39, 0.29) is 11.8 Å². The molecule has 0 fully saturated rings. The highest BCUT2D eigenvalue weighted by molar-refractivity contribution is 5.78. The summed E-state index contributed by atoms with van der Waals surface area (Å²) in [4.78, 5) is 11.4. The Labute approximate surface area is 111 Å². The SMILES string of the molecule is COC(=O)C([11CH3])c1ccc(-c2ccccc2)c(F)c1. The van der Waals surface area contributed by atoms with Gasteiger partial charge in [-0.15, -0.1) is 0 Å². The molecule has 2 rings (SSSR count). The van der Waals surface area contributed by atoms with Crippen LogP contribution in [0.15, 0.2) is 48.5 Å². The number of carbonyl (C=O) groups excluding carboxylic acids is 1. The summed E-state index contributed by atoms with van der Waals surface area (Å²) < 4.78 is 18.8. The first kappa shape index (κ1) is 13.3. The molecule has 0 aromatic heterocycles. The average Bonchev–Trinajstić information content (AvgIpc) is 2.46. The number of hydrogen-bond acceptors (Lipinski definition) is 2. The van der Waals surface area contributed by atoms with Gasteiger partial charge in [-0.25, -0.2) is 4.39 Å². The Hall–Kier alpha value is -2.16. The average molecular weight is 257 g/mol. The van der Waals surface area contributed by atoms with Crippen LogP contribution in [0.3, 0.4) is 0 Å². The summed E-state index contributed by atoms with van der Waals surface area (Å²) in [6.45, 7) is 1.70. The molecule has 98 valence electrons. The van der Waals surface area contributed by atoms with Crippen molar-refractivity contribution in [3.05, 3.63) is 59.9 Å². The van der Waals surface area contributed by atoms with Gasteiger partial charge >= 0.3 is 5.97 Å². The van der Waals surface area contributed by atoms with Gasteiger partial charge in [-0.3, -0.25) is 4.79 Å². The van der Waals surface area contributed by atoms with Crippen LogP contribution in [0.1, 0.15) is 18.4 Å². The zero-order valence-corrected chi connectivity index (χ0v) is 10.9. The zero-order chi connectivity index (χ0) is 13.8. The molecule has 1 atom stereocenters. The van der Waals surface area contributed by atoms with Gasteiger partial charge in [-0.2, -0.15) is 0 Å². The van der Waals surface area contributed by atoms with E-state index in [4.69, 9.17) is 0 Å². The molecule has 0 spiro atoms. The van der Waals surface area contributed by atoms with Crippen LogP contribution in [-0.4, -0.2) is 13.1 Å². The fourth-order valence-corrected chi connectivity index (χ4v) is 1.97. The quantitative estimate of drug-likeness (QED) is 0.782. The fraction of sp³-hybridized carbons (Fsp3) is 0.188. The van der Waals surface area contributed by atoms with Gasteiger partial charge in [0, 0.05) is 5.56 Å². The summed E-state index contributed by atoms with van der Waals surface area (Å²) in [5.74, 6) is -1.17. The lowest BCUT2D eigenvalue weighted by Crippen LogP contribution is -2.11. The first-order valence-electron chi connectivity index (χ1n) is 6.06. The molecule has 0 saturated carbocycles. The predicted octanol–water partition coefficient (Wildman–Crippen LogP) is 3.77. The highest BCUT2D eigenvalue weighted by atomic mass is 19.1. The van der Waals surface area contributed by atoms with Crippen molar-refractivity contribution in [2.24, 2.45) is 0 Å². The van der Waals surface area contributed by atoms with Gasteiger partial charge in [-0.05, 0) is 24.1 Å². The molecular formula is C16H15FO2. The van der Waals surface area contributed by atoms with Crippen LogP contribution in [0.4, 0.5) is 4.39 Å². The van der Waals surface area contributed by atoms with Crippen LogP contribution >= 0.6 is 0 Å². The third-order valence-corrected chi connectivity index (χ3v) is 3.13. The van der Waals surface area contributed by atoms with Crippen molar-refractivity contribution in [1.29, 1.82) is 0 Å². The Balaban J connectivity index is 2.35. The minimum absolute atomic E-state index is 0.334. The maximum absolute atomic E-state index is 14.1. The van der Waals surface area contributed by atoms with Crippen LogP contribution in [0, 0.1) is 5.82 Å². The van der Waals surface area contributed by atoms with Crippen molar-refractivity contribution in [3.8, 4) is 11.1 Å².